The van der Waals surface area contributed by atoms with Gasteiger partial charge in [0.15, 0.2) is 0 Å². The quantitative estimate of drug-likeness (QED) is 0.744. The van der Waals surface area contributed by atoms with Crippen LogP contribution in [-0.4, -0.2) is 19.7 Å². The molecule has 72 valence electrons. The zero-order chi connectivity index (χ0) is 9.52. The smallest absolute Gasteiger partial charge is 0.0717 e. The molecular weight excluding hydrogens is 162 g/mol. The third-order valence-electron chi connectivity index (χ3n) is 1.97. The molecule has 1 aromatic rings. The molecule has 0 aromatic heterocycles. The topological polar surface area (TPSA) is 21.3 Å². The molecule has 1 N–H and O–H groups in total. The van der Waals surface area contributed by atoms with Crippen LogP contribution in [0.4, 0.5) is 0 Å². The van der Waals surface area contributed by atoms with E-state index in [4.69, 9.17) is 4.74 Å². The van der Waals surface area contributed by atoms with Crippen molar-refractivity contribution in [2.45, 2.75) is 19.6 Å². The molecule has 13 heavy (non-hydrogen) atoms. The highest BCUT2D eigenvalue weighted by Gasteiger charge is 1.97. The van der Waals surface area contributed by atoms with Gasteiger partial charge in [0.25, 0.3) is 0 Å². The Bertz CT molecular complexity index is 223. The molecule has 0 aliphatic carbocycles. The summed E-state index contributed by atoms with van der Waals surface area (Å²) >= 11 is 0. The summed E-state index contributed by atoms with van der Waals surface area (Å²) in [6, 6.07) is 10.6. The first-order valence-corrected chi connectivity index (χ1v) is 4.62. The normalized spacial score (nSPS) is 12.8. The number of hydrogen-bond donors (Lipinski definition) is 1. The highest BCUT2D eigenvalue weighted by Crippen LogP contribution is 2.00. The number of rotatable bonds is 5. The van der Waals surface area contributed by atoms with Crippen molar-refractivity contribution in [1.29, 1.82) is 0 Å². The second kappa shape index (κ2) is 5.73. The second-order valence-electron chi connectivity index (χ2n) is 3.19. The summed E-state index contributed by atoms with van der Waals surface area (Å²) in [6.45, 7) is 3.56. The molecule has 1 aromatic carbocycles. The van der Waals surface area contributed by atoms with Crippen LogP contribution in [0.3, 0.4) is 0 Å². The van der Waals surface area contributed by atoms with Gasteiger partial charge in [-0.15, -0.1) is 0 Å². The van der Waals surface area contributed by atoms with Crippen molar-refractivity contribution in [2.75, 3.05) is 13.7 Å². The van der Waals surface area contributed by atoms with Crippen molar-refractivity contribution in [1.82, 2.24) is 5.32 Å². The van der Waals surface area contributed by atoms with Gasteiger partial charge in [-0.1, -0.05) is 30.3 Å². The fourth-order valence-corrected chi connectivity index (χ4v) is 1.01. The van der Waals surface area contributed by atoms with Crippen molar-refractivity contribution in [3.05, 3.63) is 35.9 Å². The number of likely N-dealkylation sites (N-methyl/N-ethyl adjacent to an activating group) is 1. The molecule has 1 rings (SSSR count). The molecule has 0 spiro atoms. The van der Waals surface area contributed by atoms with E-state index < -0.39 is 0 Å². The van der Waals surface area contributed by atoms with Crippen LogP contribution in [0.15, 0.2) is 30.3 Å². The van der Waals surface area contributed by atoms with Crippen molar-refractivity contribution in [3.63, 3.8) is 0 Å². The maximum absolute atomic E-state index is 5.51. The number of benzene rings is 1. The summed E-state index contributed by atoms with van der Waals surface area (Å²) in [5.74, 6) is 0. The van der Waals surface area contributed by atoms with Gasteiger partial charge in [-0.2, -0.15) is 0 Å². The third kappa shape index (κ3) is 4.06. The Morgan fingerprint density at radius 1 is 1.31 bits per heavy atom. The molecule has 0 unspecified atom stereocenters. The molecule has 0 heterocycles. The van der Waals surface area contributed by atoms with E-state index in [1.807, 2.05) is 25.2 Å². The zero-order valence-electron chi connectivity index (χ0n) is 8.29. The first kappa shape index (κ1) is 10.2. The molecule has 0 bridgehead atoms. The van der Waals surface area contributed by atoms with Crippen molar-refractivity contribution >= 4 is 0 Å². The van der Waals surface area contributed by atoms with Crippen LogP contribution in [0, 0.1) is 0 Å². The lowest BCUT2D eigenvalue weighted by atomic mass is 10.2. The van der Waals surface area contributed by atoms with Crippen molar-refractivity contribution < 1.29 is 4.74 Å². The Kier molecular flexibility index (Phi) is 4.50. The fraction of sp³-hybridized carbons (Fsp3) is 0.455. The molecule has 0 amide bonds. The molecule has 2 heteroatoms. The van der Waals surface area contributed by atoms with Crippen LogP contribution in [-0.2, 0) is 11.3 Å². The largest absolute Gasteiger partial charge is 0.375 e. The predicted molar refractivity (Wildman–Crippen MR) is 54.6 cm³/mol. The summed E-state index contributed by atoms with van der Waals surface area (Å²) < 4.78 is 5.51. The van der Waals surface area contributed by atoms with E-state index in [2.05, 4.69) is 24.4 Å². The Morgan fingerprint density at radius 2 is 2.00 bits per heavy atom. The van der Waals surface area contributed by atoms with Crippen molar-refractivity contribution in [2.24, 2.45) is 0 Å². The Hall–Kier alpha value is -0.860. The van der Waals surface area contributed by atoms with Gasteiger partial charge in [0.2, 0.25) is 0 Å². The van der Waals surface area contributed by atoms with E-state index in [0.29, 0.717) is 12.6 Å². The number of nitrogens with one attached hydrogen (secondary N) is 1. The highest BCUT2D eigenvalue weighted by atomic mass is 16.5. The van der Waals surface area contributed by atoms with Gasteiger partial charge in [-0.3, -0.25) is 0 Å². The van der Waals surface area contributed by atoms with Gasteiger partial charge in [-0.25, -0.2) is 0 Å². The Balaban J connectivity index is 2.20. The zero-order valence-corrected chi connectivity index (χ0v) is 8.29. The maximum Gasteiger partial charge on any atom is 0.0717 e. The van der Waals surface area contributed by atoms with Crippen LogP contribution < -0.4 is 5.32 Å². The summed E-state index contributed by atoms with van der Waals surface area (Å²) in [5.41, 5.74) is 1.23. The number of hydrogen-bond acceptors (Lipinski definition) is 2. The van der Waals surface area contributed by atoms with E-state index in [1.54, 1.807) is 0 Å². The molecule has 0 fully saturated rings. The second-order valence-corrected chi connectivity index (χ2v) is 3.19. The highest BCUT2D eigenvalue weighted by molar-refractivity contribution is 5.13. The van der Waals surface area contributed by atoms with Gasteiger partial charge < -0.3 is 10.1 Å². The SMILES string of the molecule is CN[C@H](C)COCc1ccccc1. The summed E-state index contributed by atoms with van der Waals surface area (Å²) in [7, 11) is 1.94. The lowest BCUT2D eigenvalue weighted by Gasteiger charge is -2.10. The molecule has 1 atom stereocenters. The standard InChI is InChI=1S/C11H17NO/c1-10(12-2)8-13-9-11-6-4-3-5-7-11/h3-7,10,12H,8-9H2,1-2H3/t10-/m1/s1. The fourth-order valence-electron chi connectivity index (χ4n) is 1.01. The molecule has 0 radical (unpaired) electrons. The van der Waals surface area contributed by atoms with E-state index >= 15 is 0 Å². The van der Waals surface area contributed by atoms with Crippen LogP contribution >= 0.6 is 0 Å². The molecule has 0 saturated carbocycles. The Labute approximate surface area is 79.9 Å². The van der Waals surface area contributed by atoms with E-state index in [9.17, 15) is 0 Å². The van der Waals surface area contributed by atoms with Gasteiger partial charge in [0.05, 0.1) is 13.2 Å². The average Bonchev–Trinajstić information content (AvgIpc) is 2.19. The predicted octanol–water partition coefficient (Wildman–Crippen LogP) is 1.81. The van der Waals surface area contributed by atoms with Crippen molar-refractivity contribution in [3.8, 4) is 0 Å². The van der Waals surface area contributed by atoms with Crippen LogP contribution in [0.25, 0.3) is 0 Å². The van der Waals surface area contributed by atoms with Gasteiger partial charge in [0.1, 0.15) is 0 Å². The lowest BCUT2D eigenvalue weighted by molar-refractivity contribution is 0.105. The summed E-state index contributed by atoms with van der Waals surface area (Å²) in [4.78, 5) is 0. The molecule has 0 aliphatic heterocycles. The summed E-state index contributed by atoms with van der Waals surface area (Å²) in [6.07, 6.45) is 0. The molecular formula is C11H17NO. The lowest BCUT2D eigenvalue weighted by Crippen LogP contribution is -2.26. The van der Waals surface area contributed by atoms with Crippen LogP contribution in [0.5, 0.6) is 0 Å². The Morgan fingerprint density at radius 3 is 2.62 bits per heavy atom. The molecule has 2 nitrogen and oxygen atoms in total. The average molecular weight is 179 g/mol. The van der Waals surface area contributed by atoms with Gasteiger partial charge in [-0.05, 0) is 19.5 Å². The first-order valence-electron chi connectivity index (χ1n) is 4.62. The number of ether oxygens (including phenoxy) is 1. The van der Waals surface area contributed by atoms with Crippen LogP contribution in [0.1, 0.15) is 12.5 Å². The molecule has 0 aliphatic rings. The van der Waals surface area contributed by atoms with E-state index in [0.717, 1.165) is 6.61 Å². The van der Waals surface area contributed by atoms with E-state index in [-0.39, 0.29) is 0 Å². The monoisotopic (exact) mass is 179 g/mol. The first-order chi connectivity index (χ1) is 6.33. The molecule has 0 saturated heterocycles. The van der Waals surface area contributed by atoms with Crippen LogP contribution in [0.2, 0.25) is 0 Å². The third-order valence-corrected chi connectivity index (χ3v) is 1.97. The van der Waals surface area contributed by atoms with Gasteiger partial charge >= 0.3 is 0 Å². The van der Waals surface area contributed by atoms with E-state index in [1.165, 1.54) is 5.56 Å². The minimum Gasteiger partial charge on any atom is -0.375 e. The minimum atomic E-state index is 0.420. The summed E-state index contributed by atoms with van der Waals surface area (Å²) in [5, 5.41) is 3.13. The maximum atomic E-state index is 5.51. The minimum absolute atomic E-state index is 0.420. The van der Waals surface area contributed by atoms with Gasteiger partial charge in [0, 0.05) is 6.04 Å².